The van der Waals surface area contributed by atoms with Gasteiger partial charge in [0.05, 0.1) is 0 Å². The third-order valence-corrected chi connectivity index (χ3v) is 1.80. The van der Waals surface area contributed by atoms with Gasteiger partial charge in [-0.05, 0) is 12.3 Å². The van der Waals surface area contributed by atoms with E-state index in [0.29, 0.717) is 11.7 Å². The molecule has 1 saturated carbocycles. The Morgan fingerprint density at radius 3 is 2.90 bits per heavy atom. The van der Waals surface area contributed by atoms with Crippen LogP contribution < -0.4 is 0 Å². The standard InChI is InChI=1S/C9H12O/c1-2-3-4-8-5-6-9(10)7-8/h2-4,8H,1,5-7H2. The first-order valence-electron chi connectivity index (χ1n) is 3.64. The van der Waals surface area contributed by atoms with Crippen molar-refractivity contribution in [1.29, 1.82) is 0 Å². The van der Waals surface area contributed by atoms with E-state index in [1.807, 2.05) is 6.08 Å². The van der Waals surface area contributed by atoms with Crippen LogP contribution in [0, 0.1) is 5.92 Å². The van der Waals surface area contributed by atoms with E-state index in [4.69, 9.17) is 0 Å². The maximum absolute atomic E-state index is 10.8. The van der Waals surface area contributed by atoms with Gasteiger partial charge < -0.3 is 0 Å². The summed E-state index contributed by atoms with van der Waals surface area (Å²) in [6.45, 7) is 3.57. The molecular formula is C9H12O. The Labute approximate surface area is 61.4 Å². The van der Waals surface area contributed by atoms with E-state index < -0.39 is 0 Å². The minimum Gasteiger partial charge on any atom is -0.300 e. The predicted octanol–water partition coefficient (Wildman–Crippen LogP) is 2.10. The van der Waals surface area contributed by atoms with Crippen molar-refractivity contribution in [3.63, 3.8) is 0 Å². The molecule has 0 spiro atoms. The molecule has 0 aromatic heterocycles. The zero-order valence-corrected chi connectivity index (χ0v) is 6.05. The number of carbonyl (C=O) groups excluding carboxylic acids is 1. The molecule has 0 aromatic carbocycles. The lowest BCUT2D eigenvalue weighted by Crippen LogP contribution is -1.89. The van der Waals surface area contributed by atoms with Crippen LogP contribution in [0.5, 0.6) is 0 Å². The zero-order valence-electron chi connectivity index (χ0n) is 6.05. The van der Waals surface area contributed by atoms with Gasteiger partial charge in [-0.15, -0.1) is 0 Å². The highest BCUT2D eigenvalue weighted by molar-refractivity contribution is 5.80. The van der Waals surface area contributed by atoms with Gasteiger partial charge in [0.2, 0.25) is 0 Å². The molecule has 0 radical (unpaired) electrons. The first-order valence-corrected chi connectivity index (χ1v) is 3.64. The molecular weight excluding hydrogens is 124 g/mol. The van der Waals surface area contributed by atoms with E-state index in [-0.39, 0.29) is 0 Å². The van der Waals surface area contributed by atoms with Gasteiger partial charge in [0.15, 0.2) is 0 Å². The monoisotopic (exact) mass is 136 g/mol. The van der Waals surface area contributed by atoms with E-state index >= 15 is 0 Å². The normalized spacial score (nSPS) is 26.0. The highest BCUT2D eigenvalue weighted by atomic mass is 16.1. The van der Waals surface area contributed by atoms with Crippen molar-refractivity contribution >= 4 is 5.78 Å². The predicted molar refractivity (Wildman–Crippen MR) is 41.7 cm³/mol. The Morgan fingerprint density at radius 2 is 2.40 bits per heavy atom. The summed E-state index contributed by atoms with van der Waals surface area (Å²) >= 11 is 0. The lowest BCUT2D eigenvalue weighted by Gasteiger charge is -1.95. The van der Waals surface area contributed by atoms with Gasteiger partial charge in [-0.25, -0.2) is 0 Å². The molecule has 1 nitrogen and oxygen atoms in total. The second-order valence-corrected chi connectivity index (χ2v) is 2.66. The van der Waals surface area contributed by atoms with Crippen molar-refractivity contribution in [3.05, 3.63) is 24.8 Å². The van der Waals surface area contributed by atoms with Crippen molar-refractivity contribution < 1.29 is 4.79 Å². The van der Waals surface area contributed by atoms with E-state index in [1.165, 1.54) is 0 Å². The Kier molecular flexibility index (Phi) is 2.43. The fourth-order valence-corrected chi connectivity index (χ4v) is 1.24. The molecule has 1 unspecified atom stereocenters. The maximum atomic E-state index is 10.8. The smallest absolute Gasteiger partial charge is 0.133 e. The molecule has 1 aliphatic carbocycles. The summed E-state index contributed by atoms with van der Waals surface area (Å²) in [7, 11) is 0. The largest absolute Gasteiger partial charge is 0.300 e. The summed E-state index contributed by atoms with van der Waals surface area (Å²) in [5.74, 6) is 0.893. The fourth-order valence-electron chi connectivity index (χ4n) is 1.24. The number of ketones is 1. The van der Waals surface area contributed by atoms with E-state index in [2.05, 4.69) is 12.7 Å². The summed E-state index contributed by atoms with van der Waals surface area (Å²) in [4.78, 5) is 10.8. The minimum absolute atomic E-state index is 0.402. The molecule has 0 saturated heterocycles. The van der Waals surface area contributed by atoms with Gasteiger partial charge in [-0.3, -0.25) is 4.79 Å². The highest BCUT2D eigenvalue weighted by Crippen LogP contribution is 2.22. The Balaban J connectivity index is 2.37. The molecule has 1 atom stereocenters. The summed E-state index contributed by atoms with van der Waals surface area (Å²) in [6, 6.07) is 0. The van der Waals surface area contributed by atoms with Crippen molar-refractivity contribution in [2.75, 3.05) is 0 Å². The summed E-state index contributed by atoms with van der Waals surface area (Å²) in [6.07, 6.45) is 8.28. The van der Waals surface area contributed by atoms with E-state index in [9.17, 15) is 4.79 Å². The summed E-state index contributed by atoms with van der Waals surface area (Å²) in [5.41, 5.74) is 0. The van der Waals surface area contributed by atoms with Gasteiger partial charge in [0.1, 0.15) is 5.78 Å². The Morgan fingerprint density at radius 1 is 1.60 bits per heavy atom. The van der Waals surface area contributed by atoms with Crippen LogP contribution in [0.25, 0.3) is 0 Å². The molecule has 54 valence electrons. The molecule has 1 rings (SSSR count). The first-order chi connectivity index (χ1) is 4.83. The molecule has 1 fully saturated rings. The molecule has 0 bridgehead atoms. The number of hydrogen-bond acceptors (Lipinski definition) is 1. The molecule has 0 aromatic rings. The van der Waals surface area contributed by atoms with Crippen LogP contribution in [0.3, 0.4) is 0 Å². The first kappa shape index (κ1) is 7.26. The lowest BCUT2D eigenvalue weighted by atomic mass is 10.1. The average Bonchev–Trinajstić information content (AvgIpc) is 2.31. The van der Waals surface area contributed by atoms with Crippen LogP contribution in [0.1, 0.15) is 19.3 Å². The number of hydrogen-bond donors (Lipinski definition) is 0. The van der Waals surface area contributed by atoms with Crippen LogP contribution in [-0.4, -0.2) is 5.78 Å². The molecule has 0 amide bonds. The summed E-state index contributed by atoms with van der Waals surface area (Å²) in [5, 5.41) is 0. The quantitative estimate of drug-likeness (QED) is 0.531. The molecule has 0 heterocycles. The molecule has 1 aliphatic rings. The molecule has 0 aliphatic heterocycles. The van der Waals surface area contributed by atoms with E-state index in [0.717, 1.165) is 19.3 Å². The molecule has 0 N–H and O–H groups in total. The SMILES string of the molecule is C=CC=CC1CCC(=O)C1. The zero-order chi connectivity index (χ0) is 7.40. The van der Waals surface area contributed by atoms with Gasteiger partial charge in [0.25, 0.3) is 0 Å². The number of Topliss-reactive ketones (excluding diaryl/α,β-unsaturated/α-hetero) is 1. The molecule has 1 heteroatoms. The number of allylic oxidation sites excluding steroid dienone is 3. The fraction of sp³-hybridized carbons (Fsp3) is 0.444. The Bertz CT molecular complexity index is 168. The lowest BCUT2D eigenvalue weighted by molar-refractivity contribution is -0.117. The number of carbonyl (C=O) groups is 1. The Hall–Kier alpha value is -0.850. The van der Waals surface area contributed by atoms with Crippen LogP contribution in [-0.2, 0) is 4.79 Å². The van der Waals surface area contributed by atoms with Gasteiger partial charge in [-0.1, -0.05) is 24.8 Å². The minimum atomic E-state index is 0.402. The second-order valence-electron chi connectivity index (χ2n) is 2.66. The van der Waals surface area contributed by atoms with Crippen molar-refractivity contribution in [2.24, 2.45) is 5.92 Å². The van der Waals surface area contributed by atoms with Crippen molar-refractivity contribution in [2.45, 2.75) is 19.3 Å². The molecule has 10 heavy (non-hydrogen) atoms. The maximum Gasteiger partial charge on any atom is 0.133 e. The van der Waals surface area contributed by atoms with Gasteiger partial charge in [0, 0.05) is 12.8 Å². The number of rotatable bonds is 2. The van der Waals surface area contributed by atoms with Crippen LogP contribution in [0.4, 0.5) is 0 Å². The topological polar surface area (TPSA) is 17.1 Å². The average molecular weight is 136 g/mol. The van der Waals surface area contributed by atoms with Crippen molar-refractivity contribution in [3.8, 4) is 0 Å². The van der Waals surface area contributed by atoms with E-state index in [1.54, 1.807) is 6.08 Å². The van der Waals surface area contributed by atoms with Gasteiger partial charge >= 0.3 is 0 Å². The van der Waals surface area contributed by atoms with Crippen LogP contribution in [0.2, 0.25) is 0 Å². The van der Waals surface area contributed by atoms with Crippen LogP contribution >= 0.6 is 0 Å². The van der Waals surface area contributed by atoms with Crippen molar-refractivity contribution in [1.82, 2.24) is 0 Å². The summed E-state index contributed by atoms with van der Waals surface area (Å²) < 4.78 is 0. The third kappa shape index (κ3) is 1.83. The third-order valence-electron chi connectivity index (χ3n) is 1.80. The van der Waals surface area contributed by atoms with Crippen LogP contribution in [0.15, 0.2) is 24.8 Å². The highest BCUT2D eigenvalue weighted by Gasteiger charge is 2.18. The van der Waals surface area contributed by atoms with Gasteiger partial charge in [-0.2, -0.15) is 0 Å². The second kappa shape index (κ2) is 3.35.